The van der Waals surface area contributed by atoms with Gasteiger partial charge < -0.3 is 5.32 Å². The molecule has 5 nitrogen and oxygen atoms in total. The highest BCUT2D eigenvalue weighted by atomic mass is 32.2. The number of rotatable bonds is 7. The van der Waals surface area contributed by atoms with Gasteiger partial charge in [0, 0.05) is 0 Å². The summed E-state index contributed by atoms with van der Waals surface area (Å²) in [5, 5.41) is 2.98. The molecular formula is C22H30N2O3S. The molecule has 1 atom stereocenters. The van der Waals surface area contributed by atoms with Gasteiger partial charge in [-0.3, -0.25) is 9.10 Å². The van der Waals surface area contributed by atoms with Crippen molar-refractivity contribution in [2.24, 2.45) is 0 Å². The van der Waals surface area contributed by atoms with Crippen LogP contribution in [0.4, 0.5) is 5.69 Å². The van der Waals surface area contributed by atoms with Gasteiger partial charge in [0.25, 0.3) is 0 Å². The molecule has 0 aliphatic rings. The first-order valence-corrected chi connectivity index (χ1v) is 11.3. The van der Waals surface area contributed by atoms with Gasteiger partial charge in [-0.2, -0.15) is 0 Å². The van der Waals surface area contributed by atoms with Gasteiger partial charge in [0.2, 0.25) is 15.9 Å². The number of hydrogen-bond acceptors (Lipinski definition) is 3. The van der Waals surface area contributed by atoms with E-state index in [-0.39, 0.29) is 18.5 Å². The zero-order valence-corrected chi connectivity index (χ0v) is 18.4. The van der Waals surface area contributed by atoms with Crippen LogP contribution in [0.25, 0.3) is 0 Å². The Bertz CT molecular complexity index is 927. The van der Waals surface area contributed by atoms with Crippen molar-refractivity contribution in [3.63, 3.8) is 0 Å². The molecule has 152 valence electrons. The van der Waals surface area contributed by atoms with E-state index in [1.54, 1.807) is 0 Å². The molecule has 1 amide bonds. The Labute approximate surface area is 168 Å². The first-order valence-electron chi connectivity index (χ1n) is 9.44. The number of amides is 1. The molecular weight excluding hydrogens is 372 g/mol. The van der Waals surface area contributed by atoms with E-state index < -0.39 is 10.0 Å². The number of sulfonamides is 1. The summed E-state index contributed by atoms with van der Waals surface area (Å²) >= 11 is 0. The average molecular weight is 403 g/mol. The summed E-state index contributed by atoms with van der Waals surface area (Å²) in [6.45, 7) is 9.46. The number of carbonyl (C=O) groups excluding carboxylic acids is 1. The third-order valence-corrected chi connectivity index (χ3v) is 5.91. The van der Waals surface area contributed by atoms with E-state index in [1.165, 1.54) is 4.31 Å². The quantitative estimate of drug-likeness (QED) is 0.762. The fraction of sp³-hybridized carbons (Fsp3) is 0.409. The molecule has 0 saturated carbocycles. The normalized spacial score (nSPS) is 12.5. The van der Waals surface area contributed by atoms with E-state index in [4.69, 9.17) is 0 Å². The number of aryl methyl sites for hydroxylation is 4. The van der Waals surface area contributed by atoms with Crippen molar-refractivity contribution >= 4 is 21.6 Å². The predicted octanol–water partition coefficient (Wildman–Crippen LogP) is 3.95. The van der Waals surface area contributed by atoms with Gasteiger partial charge in [0.1, 0.15) is 6.54 Å². The third kappa shape index (κ3) is 5.35. The van der Waals surface area contributed by atoms with Gasteiger partial charge in [-0.25, -0.2) is 8.42 Å². The number of hydrogen-bond donors (Lipinski definition) is 1. The monoisotopic (exact) mass is 402 g/mol. The zero-order valence-electron chi connectivity index (χ0n) is 17.5. The Kier molecular flexibility index (Phi) is 6.88. The summed E-state index contributed by atoms with van der Waals surface area (Å²) in [7, 11) is -3.61. The molecule has 0 radical (unpaired) electrons. The molecule has 0 heterocycles. The molecule has 28 heavy (non-hydrogen) atoms. The van der Waals surface area contributed by atoms with Gasteiger partial charge in [-0.15, -0.1) is 0 Å². The minimum absolute atomic E-state index is 0.158. The van der Waals surface area contributed by atoms with E-state index >= 15 is 0 Å². The van der Waals surface area contributed by atoms with Crippen molar-refractivity contribution in [3.8, 4) is 0 Å². The van der Waals surface area contributed by atoms with Crippen molar-refractivity contribution in [2.45, 2.75) is 47.1 Å². The molecule has 0 spiro atoms. The van der Waals surface area contributed by atoms with Crippen molar-refractivity contribution in [1.29, 1.82) is 0 Å². The number of anilines is 1. The smallest absolute Gasteiger partial charge is 0.241 e. The lowest BCUT2D eigenvalue weighted by molar-refractivity contribution is -0.120. The molecule has 1 N–H and O–H groups in total. The Balaban J connectivity index is 2.28. The summed E-state index contributed by atoms with van der Waals surface area (Å²) in [4.78, 5) is 12.8. The van der Waals surface area contributed by atoms with Crippen LogP contribution in [0.15, 0.2) is 36.4 Å². The van der Waals surface area contributed by atoms with Crippen LogP contribution in [0.2, 0.25) is 0 Å². The number of carbonyl (C=O) groups is 1. The summed E-state index contributed by atoms with van der Waals surface area (Å²) < 4.78 is 26.1. The molecule has 0 aliphatic heterocycles. The van der Waals surface area contributed by atoms with Crippen LogP contribution in [0, 0.1) is 27.7 Å². The molecule has 2 aromatic rings. The predicted molar refractivity (Wildman–Crippen MR) is 115 cm³/mol. The Hall–Kier alpha value is -2.34. The van der Waals surface area contributed by atoms with Crippen LogP contribution >= 0.6 is 0 Å². The lowest BCUT2D eigenvalue weighted by Gasteiger charge is -2.27. The van der Waals surface area contributed by atoms with Gasteiger partial charge in [0.15, 0.2) is 0 Å². The second kappa shape index (κ2) is 8.78. The van der Waals surface area contributed by atoms with Gasteiger partial charge in [-0.1, -0.05) is 54.4 Å². The molecule has 6 heteroatoms. The van der Waals surface area contributed by atoms with Crippen LogP contribution < -0.4 is 9.62 Å². The van der Waals surface area contributed by atoms with Crippen molar-refractivity contribution in [2.75, 3.05) is 17.1 Å². The van der Waals surface area contributed by atoms with Crippen LogP contribution in [0.5, 0.6) is 0 Å². The molecule has 0 fully saturated rings. The highest BCUT2D eigenvalue weighted by Gasteiger charge is 2.25. The topological polar surface area (TPSA) is 66.5 Å². The minimum Gasteiger partial charge on any atom is -0.348 e. The fourth-order valence-corrected chi connectivity index (χ4v) is 4.49. The summed E-state index contributed by atoms with van der Waals surface area (Å²) in [6, 6.07) is 11.7. The van der Waals surface area contributed by atoms with Crippen molar-refractivity contribution in [3.05, 3.63) is 64.2 Å². The van der Waals surface area contributed by atoms with Crippen molar-refractivity contribution in [1.82, 2.24) is 5.32 Å². The highest BCUT2D eigenvalue weighted by molar-refractivity contribution is 7.92. The maximum atomic E-state index is 12.8. The number of nitrogens with zero attached hydrogens (tertiary/aromatic N) is 1. The minimum atomic E-state index is -3.61. The molecule has 0 unspecified atom stereocenters. The lowest BCUT2D eigenvalue weighted by Crippen LogP contribution is -2.42. The second-order valence-corrected chi connectivity index (χ2v) is 9.36. The summed E-state index contributed by atoms with van der Waals surface area (Å²) in [6.07, 6.45) is 1.85. The van der Waals surface area contributed by atoms with Crippen LogP contribution in [0.3, 0.4) is 0 Å². The molecule has 2 aromatic carbocycles. The molecule has 0 aliphatic carbocycles. The van der Waals surface area contributed by atoms with E-state index in [9.17, 15) is 13.2 Å². The number of benzene rings is 2. The summed E-state index contributed by atoms with van der Waals surface area (Å²) in [5.74, 6) is -0.322. The molecule has 0 aromatic heterocycles. The largest absolute Gasteiger partial charge is 0.348 e. The first kappa shape index (κ1) is 22.0. The van der Waals surface area contributed by atoms with Crippen molar-refractivity contribution < 1.29 is 13.2 Å². The Morgan fingerprint density at radius 1 is 1.00 bits per heavy atom. The Morgan fingerprint density at radius 2 is 1.54 bits per heavy atom. The SMILES string of the molecule is CC[C@@H](NC(=O)CN(c1c(C)cc(C)cc1C)S(C)(=O)=O)c1ccc(C)cc1. The maximum Gasteiger partial charge on any atom is 0.241 e. The molecule has 0 bridgehead atoms. The van der Waals surface area contributed by atoms with Crippen LogP contribution in [-0.2, 0) is 14.8 Å². The first-order chi connectivity index (χ1) is 13.0. The van der Waals surface area contributed by atoms with E-state index in [0.29, 0.717) is 5.69 Å². The molecule has 2 rings (SSSR count). The van der Waals surface area contributed by atoms with E-state index in [1.807, 2.05) is 71.0 Å². The van der Waals surface area contributed by atoms with Gasteiger partial charge in [0.05, 0.1) is 18.0 Å². The van der Waals surface area contributed by atoms with Crippen LogP contribution in [0.1, 0.15) is 47.2 Å². The Morgan fingerprint density at radius 3 is 2.00 bits per heavy atom. The van der Waals surface area contributed by atoms with Gasteiger partial charge in [-0.05, 0) is 50.8 Å². The van der Waals surface area contributed by atoms with E-state index in [2.05, 4.69) is 5.32 Å². The van der Waals surface area contributed by atoms with Gasteiger partial charge >= 0.3 is 0 Å². The van der Waals surface area contributed by atoms with E-state index in [0.717, 1.165) is 40.5 Å². The molecule has 0 saturated heterocycles. The third-order valence-electron chi connectivity index (χ3n) is 4.80. The lowest BCUT2D eigenvalue weighted by atomic mass is 10.0. The zero-order chi connectivity index (χ0) is 21.1. The second-order valence-electron chi connectivity index (χ2n) is 7.46. The average Bonchev–Trinajstić information content (AvgIpc) is 2.58. The fourth-order valence-electron chi connectivity index (χ4n) is 3.52. The maximum absolute atomic E-state index is 12.8. The highest BCUT2D eigenvalue weighted by Crippen LogP contribution is 2.28. The van der Waals surface area contributed by atoms with Crippen LogP contribution in [-0.4, -0.2) is 27.1 Å². The summed E-state index contributed by atoms with van der Waals surface area (Å²) in [5.41, 5.74) is 5.46. The standard InChI is InChI=1S/C22H30N2O3S/c1-7-20(19-10-8-15(2)9-11-19)23-21(25)14-24(28(6,26)27)22-17(4)12-16(3)13-18(22)5/h8-13,20H,7,14H2,1-6H3,(H,23,25)/t20-/m1/s1. The number of nitrogens with one attached hydrogen (secondary N) is 1.